The third kappa shape index (κ3) is 8.69. The van der Waals surface area contributed by atoms with Gasteiger partial charge in [0.1, 0.15) is 6.61 Å². The molecule has 0 aromatic heterocycles. The third-order valence-corrected chi connectivity index (χ3v) is 2.24. The van der Waals surface area contributed by atoms with Crippen LogP contribution < -0.4 is 0 Å². The maximum absolute atomic E-state index is 11.2. The van der Waals surface area contributed by atoms with Crippen LogP contribution in [0, 0.1) is 0 Å². The largest absolute Gasteiger partial charge is 0.459 e. The van der Waals surface area contributed by atoms with Gasteiger partial charge in [-0.1, -0.05) is 17.2 Å². The van der Waals surface area contributed by atoms with Crippen LogP contribution in [-0.2, 0) is 9.53 Å². The molecular formula is C14H24O3. The van der Waals surface area contributed by atoms with Crippen LogP contribution in [0.5, 0.6) is 0 Å². The first kappa shape index (κ1) is 15.9. The van der Waals surface area contributed by atoms with E-state index < -0.39 is 11.6 Å². The van der Waals surface area contributed by atoms with Crippen LogP contribution in [0.4, 0.5) is 0 Å². The van der Waals surface area contributed by atoms with Crippen molar-refractivity contribution in [1.82, 2.24) is 0 Å². The predicted octanol–water partition coefficient (Wildman–Crippen LogP) is 2.99. The number of ether oxygens (including phenoxy) is 1. The highest BCUT2D eigenvalue weighted by molar-refractivity contribution is 5.78. The number of carbonyl (C=O) groups excluding carboxylic acids is 1. The molecule has 0 unspecified atom stereocenters. The molecule has 0 aromatic carbocycles. The van der Waals surface area contributed by atoms with Gasteiger partial charge in [-0.3, -0.25) is 0 Å². The fraction of sp³-hybridized carbons (Fsp3) is 0.643. The molecular weight excluding hydrogens is 216 g/mol. The van der Waals surface area contributed by atoms with Crippen LogP contribution in [0.3, 0.4) is 0 Å². The van der Waals surface area contributed by atoms with E-state index >= 15 is 0 Å². The lowest BCUT2D eigenvalue weighted by Gasteiger charge is -2.14. The SMILES string of the molecule is CC(C)=CCC/C(C)=C/COC(=O)C(C)(C)O. The highest BCUT2D eigenvalue weighted by Gasteiger charge is 2.24. The van der Waals surface area contributed by atoms with E-state index in [9.17, 15) is 9.90 Å². The number of rotatable bonds is 6. The van der Waals surface area contributed by atoms with Gasteiger partial charge in [0.15, 0.2) is 5.60 Å². The normalized spacial score (nSPS) is 12.2. The van der Waals surface area contributed by atoms with Gasteiger partial charge >= 0.3 is 5.97 Å². The standard InChI is InChI=1S/C14H24O3/c1-11(2)7-6-8-12(3)9-10-17-13(15)14(4,5)16/h7,9,16H,6,8,10H2,1-5H3/b12-9+. The lowest BCUT2D eigenvalue weighted by atomic mass is 10.1. The average molecular weight is 240 g/mol. The van der Waals surface area contributed by atoms with Crippen molar-refractivity contribution < 1.29 is 14.6 Å². The van der Waals surface area contributed by atoms with Crippen molar-refractivity contribution in [1.29, 1.82) is 0 Å². The molecule has 0 heterocycles. The Labute approximate surface area is 104 Å². The molecule has 3 nitrogen and oxygen atoms in total. The summed E-state index contributed by atoms with van der Waals surface area (Å²) in [5, 5.41) is 9.35. The Morgan fingerprint density at radius 1 is 1.24 bits per heavy atom. The van der Waals surface area contributed by atoms with Gasteiger partial charge in [0.05, 0.1) is 0 Å². The third-order valence-electron chi connectivity index (χ3n) is 2.24. The van der Waals surface area contributed by atoms with Crippen molar-refractivity contribution in [3.8, 4) is 0 Å². The molecule has 1 N–H and O–H groups in total. The molecule has 0 saturated heterocycles. The highest BCUT2D eigenvalue weighted by Crippen LogP contribution is 2.08. The van der Waals surface area contributed by atoms with E-state index in [2.05, 4.69) is 19.9 Å². The second-order valence-corrected chi connectivity index (χ2v) is 5.03. The Kier molecular flexibility index (Phi) is 6.81. The monoisotopic (exact) mass is 240 g/mol. The molecule has 3 heteroatoms. The Bertz CT molecular complexity index is 302. The highest BCUT2D eigenvalue weighted by atomic mass is 16.5. The second kappa shape index (κ2) is 7.28. The fourth-order valence-electron chi connectivity index (χ4n) is 1.13. The Hall–Kier alpha value is -1.09. The van der Waals surface area contributed by atoms with Crippen LogP contribution in [0.2, 0.25) is 0 Å². The van der Waals surface area contributed by atoms with Crippen molar-refractivity contribution in [3.63, 3.8) is 0 Å². The van der Waals surface area contributed by atoms with E-state index in [0.29, 0.717) is 0 Å². The second-order valence-electron chi connectivity index (χ2n) is 5.03. The van der Waals surface area contributed by atoms with Gasteiger partial charge in [-0.2, -0.15) is 0 Å². The van der Waals surface area contributed by atoms with E-state index in [1.807, 2.05) is 13.0 Å². The summed E-state index contributed by atoms with van der Waals surface area (Å²) in [5.74, 6) is -0.592. The van der Waals surface area contributed by atoms with Crippen LogP contribution in [0.25, 0.3) is 0 Å². The molecule has 0 amide bonds. The van der Waals surface area contributed by atoms with Crippen molar-refractivity contribution in [2.45, 2.75) is 53.1 Å². The molecule has 0 aliphatic heterocycles. The van der Waals surface area contributed by atoms with E-state index in [0.717, 1.165) is 12.8 Å². The number of carbonyl (C=O) groups is 1. The maximum Gasteiger partial charge on any atom is 0.337 e. The van der Waals surface area contributed by atoms with Crippen LogP contribution in [0.15, 0.2) is 23.3 Å². The molecule has 0 fully saturated rings. The Balaban J connectivity index is 3.93. The van der Waals surface area contributed by atoms with Crippen molar-refractivity contribution >= 4 is 5.97 Å². The zero-order valence-corrected chi connectivity index (χ0v) is 11.5. The summed E-state index contributed by atoms with van der Waals surface area (Å²) in [7, 11) is 0. The summed E-state index contributed by atoms with van der Waals surface area (Å²) in [6.07, 6.45) is 6.03. The van der Waals surface area contributed by atoms with Gasteiger partial charge in [-0.05, 0) is 53.5 Å². The van der Waals surface area contributed by atoms with E-state index in [-0.39, 0.29) is 6.61 Å². The van der Waals surface area contributed by atoms with Gasteiger partial charge in [-0.15, -0.1) is 0 Å². The van der Waals surface area contributed by atoms with Crippen LogP contribution in [-0.4, -0.2) is 23.3 Å². The van der Waals surface area contributed by atoms with Crippen LogP contribution in [0.1, 0.15) is 47.5 Å². The number of aliphatic hydroxyl groups is 1. The summed E-state index contributed by atoms with van der Waals surface area (Å²) < 4.78 is 4.92. The number of hydrogen-bond donors (Lipinski definition) is 1. The predicted molar refractivity (Wildman–Crippen MR) is 69.7 cm³/mol. The minimum absolute atomic E-state index is 0.226. The number of hydrogen-bond acceptors (Lipinski definition) is 3. The summed E-state index contributed by atoms with van der Waals surface area (Å²) in [6, 6.07) is 0. The van der Waals surface area contributed by atoms with Crippen molar-refractivity contribution in [2.24, 2.45) is 0 Å². The molecule has 0 bridgehead atoms. The maximum atomic E-state index is 11.2. The summed E-state index contributed by atoms with van der Waals surface area (Å²) in [6.45, 7) is 9.22. The van der Waals surface area contributed by atoms with Gasteiger partial charge < -0.3 is 9.84 Å². The molecule has 0 radical (unpaired) electrons. The van der Waals surface area contributed by atoms with Gasteiger partial charge in [-0.25, -0.2) is 4.79 Å². The lowest BCUT2D eigenvalue weighted by molar-refractivity contribution is -0.160. The number of allylic oxidation sites excluding steroid dienone is 3. The number of esters is 1. The molecule has 17 heavy (non-hydrogen) atoms. The first-order chi connectivity index (χ1) is 7.73. The molecule has 0 aromatic rings. The van der Waals surface area contributed by atoms with Gasteiger partial charge in [0.2, 0.25) is 0 Å². The van der Waals surface area contributed by atoms with Crippen molar-refractivity contribution in [2.75, 3.05) is 6.61 Å². The van der Waals surface area contributed by atoms with Crippen LogP contribution >= 0.6 is 0 Å². The van der Waals surface area contributed by atoms with E-state index in [4.69, 9.17) is 4.74 Å². The Morgan fingerprint density at radius 3 is 2.29 bits per heavy atom. The molecule has 0 saturated carbocycles. The Morgan fingerprint density at radius 2 is 1.82 bits per heavy atom. The molecule has 0 aliphatic carbocycles. The zero-order chi connectivity index (χ0) is 13.5. The molecule has 0 aliphatic rings. The lowest BCUT2D eigenvalue weighted by Crippen LogP contribution is -2.33. The molecule has 0 rings (SSSR count). The minimum atomic E-state index is -1.41. The first-order valence-electron chi connectivity index (χ1n) is 5.92. The quantitative estimate of drug-likeness (QED) is 0.573. The minimum Gasteiger partial charge on any atom is -0.459 e. The summed E-state index contributed by atoms with van der Waals surface area (Å²) >= 11 is 0. The first-order valence-corrected chi connectivity index (χ1v) is 5.92. The summed E-state index contributed by atoms with van der Waals surface area (Å²) in [4.78, 5) is 11.2. The van der Waals surface area contributed by atoms with E-state index in [1.54, 1.807) is 0 Å². The smallest absolute Gasteiger partial charge is 0.337 e. The topological polar surface area (TPSA) is 46.5 Å². The molecule has 98 valence electrons. The molecule has 0 spiro atoms. The van der Waals surface area contributed by atoms with Crippen molar-refractivity contribution in [3.05, 3.63) is 23.3 Å². The fourth-order valence-corrected chi connectivity index (χ4v) is 1.13. The molecule has 0 atom stereocenters. The van der Waals surface area contributed by atoms with Gasteiger partial charge in [0.25, 0.3) is 0 Å². The zero-order valence-electron chi connectivity index (χ0n) is 11.5. The van der Waals surface area contributed by atoms with E-state index in [1.165, 1.54) is 25.0 Å². The van der Waals surface area contributed by atoms with Gasteiger partial charge in [0, 0.05) is 0 Å². The summed E-state index contributed by atoms with van der Waals surface area (Å²) in [5.41, 5.74) is 1.08. The average Bonchev–Trinajstić information content (AvgIpc) is 2.15.